The minimum Gasteiger partial charge on any atom is -0.339 e. The summed E-state index contributed by atoms with van der Waals surface area (Å²) < 4.78 is 13.6. The van der Waals surface area contributed by atoms with E-state index in [1.54, 1.807) is 12.1 Å². The van der Waals surface area contributed by atoms with Crippen LogP contribution in [-0.4, -0.2) is 48.0 Å². The third kappa shape index (κ3) is 5.36. The van der Waals surface area contributed by atoms with Crippen LogP contribution in [0.2, 0.25) is 0 Å². The lowest BCUT2D eigenvalue weighted by molar-refractivity contribution is 0.119. The molecule has 3 rings (SSSR count). The van der Waals surface area contributed by atoms with E-state index in [4.69, 9.17) is 10.7 Å². The molecule has 1 aromatic rings. The number of guanidine groups is 1. The molecule has 0 radical (unpaired) electrons. The lowest BCUT2D eigenvalue weighted by Gasteiger charge is -2.45. The Morgan fingerprint density at radius 1 is 1.23 bits per heavy atom. The lowest BCUT2D eigenvalue weighted by Crippen LogP contribution is -2.52. The molecule has 1 aromatic carbocycles. The topological polar surface area (TPSA) is 53.6 Å². The summed E-state index contributed by atoms with van der Waals surface area (Å²) in [7, 11) is 0. The van der Waals surface area contributed by atoms with Gasteiger partial charge in [0.25, 0.3) is 0 Å². The molecule has 1 saturated heterocycles. The number of likely N-dealkylation sites (tertiary alicyclic amines) is 1. The molecule has 0 aromatic heterocycles. The van der Waals surface area contributed by atoms with E-state index in [2.05, 4.69) is 10.2 Å². The SMILES string of the molecule is NCCSCCN=C(Nc1cccc(F)c1)N1CCCC2CCCCC21. The van der Waals surface area contributed by atoms with Crippen molar-refractivity contribution in [3.8, 4) is 0 Å². The average molecular weight is 379 g/mol. The minimum absolute atomic E-state index is 0.220. The molecule has 1 aliphatic carbocycles. The summed E-state index contributed by atoms with van der Waals surface area (Å²) in [6.45, 7) is 2.51. The van der Waals surface area contributed by atoms with Crippen LogP contribution in [0.25, 0.3) is 0 Å². The highest BCUT2D eigenvalue weighted by Crippen LogP contribution is 2.35. The Morgan fingerprint density at radius 3 is 2.92 bits per heavy atom. The molecule has 4 nitrogen and oxygen atoms in total. The second-order valence-electron chi connectivity index (χ2n) is 7.19. The normalized spacial score (nSPS) is 23.6. The van der Waals surface area contributed by atoms with Gasteiger partial charge in [-0.2, -0.15) is 11.8 Å². The smallest absolute Gasteiger partial charge is 0.198 e. The first-order valence-corrected chi connectivity index (χ1v) is 11.0. The van der Waals surface area contributed by atoms with Crippen LogP contribution < -0.4 is 11.1 Å². The van der Waals surface area contributed by atoms with Crippen molar-refractivity contribution in [3.63, 3.8) is 0 Å². The number of nitrogens with zero attached hydrogens (tertiary/aromatic N) is 2. The Kier molecular flexibility index (Phi) is 7.62. The maximum atomic E-state index is 13.6. The summed E-state index contributed by atoms with van der Waals surface area (Å²) in [6, 6.07) is 7.25. The Bertz CT molecular complexity index is 593. The number of nitrogens with two attached hydrogens (primary N) is 1. The summed E-state index contributed by atoms with van der Waals surface area (Å²) >= 11 is 1.84. The van der Waals surface area contributed by atoms with Crippen LogP contribution in [0.3, 0.4) is 0 Å². The Balaban J connectivity index is 1.73. The third-order valence-corrected chi connectivity index (χ3v) is 6.35. The van der Waals surface area contributed by atoms with Crippen molar-refractivity contribution in [3.05, 3.63) is 30.1 Å². The molecular formula is C20H31FN4S. The van der Waals surface area contributed by atoms with E-state index < -0.39 is 0 Å². The largest absolute Gasteiger partial charge is 0.339 e. The minimum atomic E-state index is -0.220. The zero-order valence-electron chi connectivity index (χ0n) is 15.5. The molecular weight excluding hydrogens is 347 g/mol. The van der Waals surface area contributed by atoms with Crippen molar-refractivity contribution in [2.45, 2.75) is 44.6 Å². The maximum absolute atomic E-state index is 13.6. The van der Waals surface area contributed by atoms with Gasteiger partial charge < -0.3 is 16.0 Å². The molecule has 3 N–H and O–H groups in total. The van der Waals surface area contributed by atoms with Crippen molar-refractivity contribution in [2.24, 2.45) is 16.6 Å². The van der Waals surface area contributed by atoms with Crippen LogP contribution in [0.1, 0.15) is 38.5 Å². The Hall–Kier alpha value is -1.27. The number of benzene rings is 1. The summed E-state index contributed by atoms with van der Waals surface area (Å²) in [5.41, 5.74) is 6.34. The first-order valence-electron chi connectivity index (χ1n) is 9.89. The molecule has 2 fully saturated rings. The molecule has 6 heteroatoms. The number of halogens is 1. The van der Waals surface area contributed by atoms with E-state index in [9.17, 15) is 4.39 Å². The van der Waals surface area contributed by atoms with E-state index in [1.165, 1.54) is 44.6 Å². The van der Waals surface area contributed by atoms with Crippen molar-refractivity contribution in [1.29, 1.82) is 0 Å². The number of aliphatic imine (C=N–C) groups is 1. The van der Waals surface area contributed by atoms with Crippen LogP contribution in [0.4, 0.5) is 10.1 Å². The number of rotatable bonds is 6. The van der Waals surface area contributed by atoms with E-state index >= 15 is 0 Å². The highest BCUT2D eigenvalue weighted by Gasteiger charge is 2.34. The molecule has 2 atom stereocenters. The van der Waals surface area contributed by atoms with Crippen molar-refractivity contribution < 1.29 is 4.39 Å². The Labute approximate surface area is 160 Å². The van der Waals surface area contributed by atoms with Gasteiger partial charge in [-0.05, 0) is 49.8 Å². The second-order valence-corrected chi connectivity index (χ2v) is 8.41. The van der Waals surface area contributed by atoms with Crippen molar-refractivity contribution in [1.82, 2.24) is 4.90 Å². The predicted octanol–water partition coefficient (Wildman–Crippen LogP) is 3.94. The molecule has 144 valence electrons. The zero-order chi connectivity index (χ0) is 18.2. The standard InChI is InChI=1S/C20H31FN4S/c21-17-7-3-8-18(15-17)24-20(23-11-14-26-13-10-22)25-12-4-6-16-5-1-2-9-19(16)25/h3,7-8,15-16,19H,1-2,4-6,9-14,22H2,(H,23,24). The first-order chi connectivity index (χ1) is 12.8. The Morgan fingerprint density at radius 2 is 2.08 bits per heavy atom. The number of anilines is 1. The summed E-state index contributed by atoms with van der Waals surface area (Å²) in [5, 5.41) is 3.42. The number of piperidine rings is 1. The molecule has 2 unspecified atom stereocenters. The zero-order valence-corrected chi connectivity index (χ0v) is 16.3. The van der Waals surface area contributed by atoms with Crippen LogP contribution >= 0.6 is 11.8 Å². The molecule has 2 aliphatic rings. The van der Waals surface area contributed by atoms with E-state index in [0.717, 1.165) is 42.2 Å². The van der Waals surface area contributed by atoms with Gasteiger partial charge in [-0.3, -0.25) is 4.99 Å². The fourth-order valence-electron chi connectivity index (χ4n) is 4.19. The predicted molar refractivity (Wildman–Crippen MR) is 110 cm³/mol. The summed E-state index contributed by atoms with van der Waals surface area (Å²) in [4.78, 5) is 7.35. The number of nitrogens with one attached hydrogen (secondary N) is 1. The molecule has 0 amide bonds. The molecule has 26 heavy (non-hydrogen) atoms. The molecule has 1 aliphatic heterocycles. The van der Waals surface area contributed by atoms with Gasteiger partial charge in [0, 0.05) is 36.3 Å². The fourth-order valence-corrected chi connectivity index (χ4v) is 4.78. The van der Waals surface area contributed by atoms with Crippen molar-refractivity contribution >= 4 is 23.4 Å². The second kappa shape index (κ2) is 10.2. The van der Waals surface area contributed by atoms with Gasteiger partial charge in [-0.15, -0.1) is 0 Å². The molecule has 1 heterocycles. The van der Waals surface area contributed by atoms with Crippen LogP contribution in [-0.2, 0) is 0 Å². The van der Waals surface area contributed by atoms with Gasteiger partial charge in [0.15, 0.2) is 5.96 Å². The number of thioether (sulfide) groups is 1. The van der Waals surface area contributed by atoms with Gasteiger partial charge in [-0.25, -0.2) is 4.39 Å². The van der Waals surface area contributed by atoms with Gasteiger partial charge in [0.1, 0.15) is 5.82 Å². The molecule has 0 spiro atoms. The van der Waals surface area contributed by atoms with E-state index in [0.29, 0.717) is 12.6 Å². The fraction of sp³-hybridized carbons (Fsp3) is 0.650. The molecule has 0 bridgehead atoms. The average Bonchev–Trinajstić information content (AvgIpc) is 2.66. The monoisotopic (exact) mass is 378 g/mol. The quantitative estimate of drug-likeness (QED) is 0.447. The number of hydrogen-bond donors (Lipinski definition) is 2. The van der Waals surface area contributed by atoms with Gasteiger partial charge in [0.2, 0.25) is 0 Å². The highest BCUT2D eigenvalue weighted by molar-refractivity contribution is 7.99. The number of hydrogen-bond acceptors (Lipinski definition) is 3. The summed E-state index contributed by atoms with van der Waals surface area (Å²) in [5.74, 6) is 3.41. The van der Waals surface area contributed by atoms with Crippen LogP contribution in [0.15, 0.2) is 29.3 Å². The summed E-state index contributed by atoms with van der Waals surface area (Å²) in [6.07, 6.45) is 7.79. The van der Waals surface area contributed by atoms with Gasteiger partial charge in [0.05, 0.1) is 6.54 Å². The maximum Gasteiger partial charge on any atom is 0.198 e. The highest BCUT2D eigenvalue weighted by atomic mass is 32.2. The number of fused-ring (bicyclic) bond motifs is 1. The molecule has 1 saturated carbocycles. The third-order valence-electron chi connectivity index (χ3n) is 5.36. The van der Waals surface area contributed by atoms with Crippen molar-refractivity contribution in [2.75, 3.05) is 36.5 Å². The van der Waals surface area contributed by atoms with Crippen LogP contribution in [0.5, 0.6) is 0 Å². The van der Waals surface area contributed by atoms with E-state index in [1.807, 2.05) is 17.8 Å². The van der Waals surface area contributed by atoms with E-state index in [-0.39, 0.29) is 5.82 Å². The first kappa shape index (κ1) is 19.5. The van der Waals surface area contributed by atoms with Gasteiger partial charge in [-0.1, -0.05) is 18.9 Å². The van der Waals surface area contributed by atoms with Crippen LogP contribution in [0, 0.1) is 11.7 Å². The lowest BCUT2D eigenvalue weighted by atomic mass is 9.78. The van der Waals surface area contributed by atoms with Gasteiger partial charge >= 0.3 is 0 Å².